The number of nitrogens with zero attached hydrogens (tertiary/aromatic N) is 2. The molecule has 0 spiro atoms. The summed E-state index contributed by atoms with van der Waals surface area (Å²) < 4.78 is 13.3. The van der Waals surface area contributed by atoms with Gasteiger partial charge in [-0.2, -0.15) is 0 Å². The highest BCUT2D eigenvalue weighted by molar-refractivity contribution is 6.04. The zero-order chi connectivity index (χ0) is 20.0. The van der Waals surface area contributed by atoms with Gasteiger partial charge >= 0.3 is 0 Å². The van der Waals surface area contributed by atoms with Gasteiger partial charge in [-0.15, -0.1) is 0 Å². The van der Waals surface area contributed by atoms with Crippen molar-refractivity contribution < 1.29 is 14.0 Å². The summed E-state index contributed by atoms with van der Waals surface area (Å²) in [6.07, 6.45) is 0.868. The number of halogens is 1. The summed E-state index contributed by atoms with van der Waals surface area (Å²) in [5.74, 6) is -0.825. The van der Waals surface area contributed by atoms with Crippen molar-refractivity contribution in [3.8, 4) is 0 Å². The molecule has 5 nitrogen and oxygen atoms in total. The second-order valence-electron chi connectivity index (χ2n) is 6.64. The molecule has 0 fully saturated rings. The molecule has 0 atom stereocenters. The number of rotatable bonds is 7. The predicted octanol–water partition coefficient (Wildman–Crippen LogP) is 3.90. The fourth-order valence-corrected chi connectivity index (χ4v) is 2.88. The molecule has 6 heteroatoms. The van der Waals surface area contributed by atoms with Crippen molar-refractivity contribution >= 4 is 23.2 Å². The Hall–Kier alpha value is -2.89. The first-order valence-electron chi connectivity index (χ1n) is 8.94. The lowest BCUT2D eigenvalue weighted by molar-refractivity contribution is -0.129. The van der Waals surface area contributed by atoms with E-state index in [1.807, 2.05) is 38.1 Å². The van der Waals surface area contributed by atoms with E-state index in [1.165, 1.54) is 18.2 Å². The lowest BCUT2D eigenvalue weighted by Crippen LogP contribution is -2.29. The number of carbonyl (C=O) groups excluding carboxylic acids is 2. The van der Waals surface area contributed by atoms with Crippen LogP contribution in [0.2, 0.25) is 0 Å². The molecule has 0 bridgehead atoms. The molecular formula is C21H26FN3O2. The molecule has 27 heavy (non-hydrogen) atoms. The van der Waals surface area contributed by atoms with Crippen LogP contribution in [-0.4, -0.2) is 37.4 Å². The van der Waals surface area contributed by atoms with E-state index in [9.17, 15) is 14.0 Å². The van der Waals surface area contributed by atoms with E-state index in [-0.39, 0.29) is 17.4 Å². The van der Waals surface area contributed by atoms with E-state index < -0.39 is 5.82 Å². The van der Waals surface area contributed by atoms with Crippen LogP contribution < -0.4 is 10.2 Å². The Labute approximate surface area is 159 Å². The Balaban J connectivity index is 2.28. The van der Waals surface area contributed by atoms with Crippen LogP contribution in [0.4, 0.5) is 15.8 Å². The Bertz CT molecular complexity index is 821. The minimum Gasteiger partial charge on any atom is -0.377 e. The van der Waals surface area contributed by atoms with E-state index in [0.29, 0.717) is 18.8 Å². The first-order chi connectivity index (χ1) is 12.8. The maximum Gasteiger partial charge on any atom is 0.255 e. The number of amides is 2. The minimum atomic E-state index is -0.456. The fourth-order valence-electron chi connectivity index (χ4n) is 2.88. The normalized spacial score (nSPS) is 10.4. The van der Waals surface area contributed by atoms with E-state index in [1.54, 1.807) is 24.0 Å². The molecule has 144 valence electrons. The Kier molecular flexibility index (Phi) is 6.93. The van der Waals surface area contributed by atoms with Gasteiger partial charge in [0.2, 0.25) is 5.91 Å². The number of hydrogen-bond acceptors (Lipinski definition) is 3. The molecule has 0 heterocycles. The van der Waals surface area contributed by atoms with Crippen molar-refractivity contribution in [2.75, 3.05) is 30.9 Å². The lowest BCUT2D eigenvalue weighted by atomic mass is 10.1. The summed E-state index contributed by atoms with van der Waals surface area (Å²) in [4.78, 5) is 28.0. The van der Waals surface area contributed by atoms with Gasteiger partial charge in [-0.05, 0) is 48.4 Å². The molecule has 2 amide bonds. The zero-order valence-electron chi connectivity index (χ0n) is 16.3. The van der Waals surface area contributed by atoms with E-state index in [2.05, 4.69) is 5.32 Å². The van der Waals surface area contributed by atoms with E-state index in [4.69, 9.17) is 0 Å². The van der Waals surface area contributed by atoms with Gasteiger partial charge < -0.3 is 15.1 Å². The highest BCUT2D eigenvalue weighted by atomic mass is 19.1. The third-order valence-corrected chi connectivity index (χ3v) is 4.21. The molecule has 2 aromatic carbocycles. The molecule has 0 radical (unpaired) electrons. The third kappa shape index (κ3) is 5.54. The van der Waals surface area contributed by atoms with Crippen LogP contribution in [0, 0.1) is 5.82 Å². The molecule has 0 aliphatic carbocycles. The summed E-state index contributed by atoms with van der Waals surface area (Å²) in [7, 11) is 3.86. The number of anilines is 2. The van der Waals surface area contributed by atoms with Gasteiger partial charge in [-0.3, -0.25) is 9.59 Å². The lowest BCUT2D eigenvalue weighted by Gasteiger charge is -2.25. The molecule has 2 aromatic rings. The Morgan fingerprint density at radius 1 is 1.11 bits per heavy atom. The van der Waals surface area contributed by atoms with Crippen molar-refractivity contribution in [1.29, 1.82) is 0 Å². The second kappa shape index (κ2) is 9.16. The first-order valence-corrected chi connectivity index (χ1v) is 8.94. The Morgan fingerprint density at radius 3 is 2.44 bits per heavy atom. The van der Waals surface area contributed by atoms with Gasteiger partial charge in [-0.1, -0.05) is 13.0 Å². The maximum absolute atomic E-state index is 13.3. The van der Waals surface area contributed by atoms with Crippen molar-refractivity contribution in [2.45, 2.75) is 26.8 Å². The number of benzene rings is 2. The van der Waals surface area contributed by atoms with Crippen LogP contribution in [0.15, 0.2) is 42.5 Å². The third-order valence-electron chi connectivity index (χ3n) is 4.21. The van der Waals surface area contributed by atoms with Gasteiger partial charge in [0.25, 0.3) is 5.91 Å². The van der Waals surface area contributed by atoms with Gasteiger partial charge in [0.05, 0.1) is 0 Å². The number of carbonyl (C=O) groups is 2. The molecule has 0 aliphatic rings. The van der Waals surface area contributed by atoms with Crippen LogP contribution in [0.5, 0.6) is 0 Å². The van der Waals surface area contributed by atoms with Crippen molar-refractivity contribution in [3.05, 3.63) is 59.4 Å². The quantitative estimate of drug-likeness (QED) is 0.803. The summed E-state index contributed by atoms with van der Waals surface area (Å²) in [6.45, 7) is 4.71. The van der Waals surface area contributed by atoms with Gasteiger partial charge in [0, 0.05) is 51.0 Å². The smallest absolute Gasteiger partial charge is 0.255 e. The minimum absolute atomic E-state index is 0.00996. The number of nitrogens with one attached hydrogen (secondary N) is 1. The largest absolute Gasteiger partial charge is 0.377 e. The second-order valence-corrected chi connectivity index (χ2v) is 6.64. The van der Waals surface area contributed by atoms with Gasteiger partial charge in [-0.25, -0.2) is 4.39 Å². The Morgan fingerprint density at radius 2 is 1.85 bits per heavy atom. The van der Waals surface area contributed by atoms with Gasteiger partial charge in [0.15, 0.2) is 0 Å². The summed E-state index contributed by atoms with van der Waals surface area (Å²) in [5.41, 5.74) is 2.76. The summed E-state index contributed by atoms with van der Waals surface area (Å²) in [6, 6.07) is 11.1. The maximum atomic E-state index is 13.3. The first kappa shape index (κ1) is 20.4. The highest BCUT2D eigenvalue weighted by Gasteiger charge is 2.14. The van der Waals surface area contributed by atoms with Crippen LogP contribution >= 0.6 is 0 Å². The predicted molar refractivity (Wildman–Crippen MR) is 107 cm³/mol. The standard InChI is InChI=1S/C21H26FN3O2/c1-5-11-25(15(2)26)14-17-13-19(9-10-20(17)24(3)4)23-21(27)16-7-6-8-18(22)12-16/h6-10,12-13H,5,11,14H2,1-4H3,(H,23,27). The summed E-state index contributed by atoms with van der Waals surface area (Å²) >= 11 is 0. The van der Waals surface area contributed by atoms with Crippen LogP contribution in [0.3, 0.4) is 0 Å². The molecule has 1 N–H and O–H groups in total. The van der Waals surface area contributed by atoms with Crippen LogP contribution in [0.1, 0.15) is 36.2 Å². The molecular weight excluding hydrogens is 345 g/mol. The molecule has 0 aliphatic heterocycles. The van der Waals surface area contributed by atoms with Crippen molar-refractivity contribution in [3.63, 3.8) is 0 Å². The monoisotopic (exact) mass is 371 g/mol. The average molecular weight is 371 g/mol. The van der Waals surface area contributed by atoms with Crippen molar-refractivity contribution in [1.82, 2.24) is 4.90 Å². The number of hydrogen-bond donors (Lipinski definition) is 1. The molecule has 0 unspecified atom stereocenters. The summed E-state index contributed by atoms with van der Waals surface area (Å²) in [5, 5.41) is 2.80. The highest BCUT2D eigenvalue weighted by Crippen LogP contribution is 2.25. The average Bonchev–Trinajstić information content (AvgIpc) is 2.61. The van der Waals surface area contributed by atoms with E-state index in [0.717, 1.165) is 17.7 Å². The zero-order valence-corrected chi connectivity index (χ0v) is 16.3. The molecule has 0 saturated heterocycles. The van der Waals surface area contributed by atoms with E-state index >= 15 is 0 Å². The van der Waals surface area contributed by atoms with Crippen LogP contribution in [-0.2, 0) is 11.3 Å². The molecule has 0 saturated carbocycles. The van der Waals surface area contributed by atoms with Crippen molar-refractivity contribution in [2.24, 2.45) is 0 Å². The molecule has 0 aromatic heterocycles. The van der Waals surface area contributed by atoms with Crippen LogP contribution in [0.25, 0.3) is 0 Å². The van der Waals surface area contributed by atoms with Gasteiger partial charge in [0.1, 0.15) is 5.82 Å². The fraction of sp³-hybridized carbons (Fsp3) is 0.333. The SMILES string of the molecule is CCCN(Cc1cc(NC(=O)c2cccc(F)c2)ccc1N(C)C)C(C)=O. The molecule has 2 rings (SSSR count). The topological polar surface area (TPSA) is 52.7 Å².